The minimum Gasteiger partial charge on any atom is -0.394 e. The summed E-state index contributed by atoms with van der Waals surface area (Å²) in [5.74, 6) is -0.539. The van der Waals surface area contributed by atoms with E-state index in [0.29, 0.717) is 0 Å². The molecule has 0 aromatic rings. The SMILES string of the molecule is CC1[C@@H](O)[C@@H](O)C(CO)O[C@@H]1O. The van der Waals surface area contributed by atoms with Crippen LogP contribution in [0.1, 0.15) is 6.92 Å². The summed E-state index contributed by atoms with van der Waals surface area (Å²) >= 11 is 0. The molecule has 5 heteroatoms. The first kappa shape index (κ1) is 9.88. The van der Waals surface area contributed by atoms with E-state index in [1.54, 1.807) is 6.92 Å². The van der Waals surface area contributed by atoms with Crippen molar-refractivity contribution in [2.75, 3.05) is 6.61 Å². The van der Waals surface area contributed by atoms with Gasteiger partial charge in [0.1, 0.15) is 12.2 Å². The second kappa shape index (κ2) is 3.68. The molecule has 0 aromatic heterocycles. The molecule has 72 valence electrons. The highest BCUT2D eigenvalue weighted by Gasteiger charge is 2.40. The molecule has 0 saturated carbocycles. The number of aliphatic hydroxyl groups is 4. The van der Waals surface area contributed by atoms with E-state index in [2.05, 4.69) is 0 Å². The third-order valence-electron chi connectivity index (χ3n) is 2.21. The Hall–Kier alpha value is -0.200. The second-order valence-electron chi connectivity index (χ2n) is 3.09. The Labute approximate surface area is 70.2 Å². The minimum absolute atomic E-state index is 0.415. The Bertz CT molecular complexity index is 146. The first-order chi connectivity index (χ1) is 5.57. The third kappa shape index (κ3) is 1.60. The molecule has 1 heterocycles. The van der Waals surface area contributed by atoms with Crippen LogP contribution in [-0.2, 0) is 4.74 Å². The molecule has 1 rings (SSSR count). The van der Waals surface area contributed by atoms with Crippen molar-refractivity contribution in [3.63, 3.8) is 0 Å². The molecule has 0 amide bonds. The summed E-state index contributed by atoms with van der Waals surface area (Å²) in [6.45, 7) is 1.15. The molecular weight excluding hydrogens is 164 g/mol. The van der Waals surface area contributed by atoms with Crippen LogP contribution in [-0.4, -0.2) is 51.6 Å². The standard InChI is InChI=1S/C7H14O5/c1-3-5(9)6(10)4(2-8)12-7(3)11/h3-11H,2H2,1H3/t3?,4?,5-,6+,7+/m1/s1. The van der Waals surface area contributed by atoms with Crippen molar-refractivity contribution >= 4 is 0 Å². The number of hydrogen-bond acceptors (Lipinski definition) is 5. The summed E-state index contributed by atoms with van der Waals surface area (Å²) in [5.41, 5.74) is 0. The molecule has 1 aliphatic heterocycles. The van der Waals surface area contributed by atoms with Crippen LogP contribution < -0.4 is 0 Å². The number of aliphatic hydroxyl groups excluding tert-OH is 4. The molecule has 5 atom stereocenters. The maximum Gasteiger partial charge on any atom is 0.160 e. The average Bonchev–Trinajstić information content (AvgIpc) is 2.08. The quantitative estimate of drug-likeness (QED) is 0.375. The van der Waals surface area contributed by atoms with Crippen molar-refractivity contribution in [3.05, 3.63) is 0 Å². The van der Waals surface area contributed by atoms with Crippen molar-refractivity contribution in [1.82, 2.24) is 0 Å². The van der Waals surface area contributed by atoms with Gasteiger partial charge in [0.05, 0.1) is 12.7 Å². The van der Waals surface area contributed by atoms with E-state index in [1.165, 1.54) is 0 Å². The predicted octanol–water partition coefficient (Wildman–Crippen LogP) is -1.95. The lowest BCUT2D eigenvalue weighted by atomic mass is 9.93. The Morgan fingerprint density at radius 3 is 2.25 bits per heavy atom. The molecule has 5 nitrogen and oxygen atoms in total. The molecule has 1 fully saturated rings. The van der Waals surface area contributed by atoms with Crippen molar-refractivity contribution in [2.24, 2.45) is 5.92 Å². The number of ether oxygens (including phenoxy) is 1. The zero-order valence-electron chi connectivity index (χ0n) is 6.79. The van der Waals surface area contributed by atoms with Gasteiger partial charge in [-0.2, -0.15) is 0 Å². The van der Waals surface area contributed by atoms with E-state index in [0.717, 1.165) is 0 Å². The predicted molar refractivity (Wildman–Crippen MR) is 39.1 cm³/mol. The molecule has 0 radical (unpaired) electrons. The Kier molecular flexibility index (Phi) is 3.03. The van der Waals surface area contributed by atoms with Gasteiger partial charge in [-0.15, -0.1) is 0 Å². The molecule has 0 aliphatic carbocycles. The Balaban J connectivity index is 2.63. The molecule has 1 saturated heterocycles. The molecule has 0 bridgehead atoms. The lowest BCUT2D eigenvalue weighted by Crippen LogP contribution is -2.54. The van der Waals surface area contributed by atoms with E-state index < -0.39 is 37.1 Å². The van der Waals surface area contributed by atoms with Crippen LogP contribution in [0.3, 0.4) is 0 Å². The monoisotopic (exact) mass is 178 g/mol. The molecular formula is C7H14O5. The summed E-state index contributed by atoms with van der Waals surface area (Å²) in [5, 5.41) is 36.4. The Morgan fingerprint density at radius 2 is 1.75 bits per heavy atom. The fourth-order valence-electron chi connectivity index (χ4n) is 1.23. The van der Waals surface area contributed by atoms with Crippen LogP contribution in [0.2, 0.25) is 0 Å². The molecule has 4 N–H and O–H groups in total. The van der Waals surface area contributed by atoms with Crippen molar-refractivity contribution in [3.8, 4) is 0 Å². The lowest BCUT2D eigenvalue weighted by Gasteiger charge is -2.38. The molecule has 0 spiro atoms. The van der Waals surface area contributed by atoms with Gasteiger partial charge in [-0.1, -0.05) is 6.92 Å². The first-order valence-electron chi connectivity index (χ1n) is 3.88. The van der Waals surface area contributed by atoms with Gasteiger partial charge in [-0.3, -0.25) is 0 Å². The van der Waals surface area contributed by atoms with Crippen molar-refractivity contribution < 1.29 is 25.2 Å². The highest BCUT2D eigenvalue weighted by molar-refractivity contribution is 4.86. The van der Waals surface area contributed by atoms with E-state index >= 15 is 0 Å². The third-order valence-corrected chi connectivity index (χ3v) is 2.21. The van der Waals surface area contributed by atoms with Crippen molar-refractivity contribution in [2.45, 2.75) is 31.5 Å². The largest absolute Gasteiger partial charge is 0.394 e. The van der Waals surface area contributed by atoms with Crippen LogP contribution >= 0.6 is 0 Å². The molecule has 2 unspecified atom stereocenters. The first-order valence-corrected chi connectivity index (χ1v) is 3.88. The van der Waals surface area contributed by atoms with E-state index in [1.807, 2.05) is 0 Å². The lowest BCUT2D eigenvalue weighted by molar-refractivity contribution is -0.266. The maximum atomic E-state index is 9.32. The summed E-state index contributed by atoms with van der Waals surface area (Å²) in [6, 6.07) is 0. The highest BCUT2D eigenvalue weighted by Crippen LogP contribution is 2.23. The van der Waals surface area contributed by atoms with Crippen LogP contribution in [0, 0.1) is 5.92 Å². The zero-order chi connectivity index (χ0) is 9.30. The highest BCUT2D eigenvalue weighted by atomic mass is 16.6. The normalized spacial score (nSPS) is 49.2. The van der Waals surface area contributed by atoms with Crippen LogP contribution in [0.5, 0.6) is 0 Å². The van der Waals surface area contributed by atoms with Gasteiger partial charge in [-0.05, 0) is 0 Å². The van der Waals surface area contributed by atoms with Gasteiger partial charge in [0, 0.05) is 5.92 Å². The average molecular weight is 178 g/mol. The van der Waals surface area contributed by atoms with Gasteiger partial charge < -0.3 is 25.2 Å². The summed E-state index contributed by atoms with van der Waals surface area (Å²) < 4.78 is 4.83. The maximum absolute atomic E-state index is 9.32. The molecule has 1 aliphatic rings. The van der Waals surface area contributed by atoms with Crippen molar-refractivity contribution in [1.29, 1.82) is 0 Å². The topological polar surface area (TPSA) is 90.2 Å². The summed E-state index contributed by atoms with van der Waals surface area (Å²) in [7, 11) is 0. The van der Waals surface area contributed by atoms with Crippen LogP contribution in [0.4, 0.5) is 0 Å². The Morgan fingerprint density at radius 1 is 1.17 bits per heavy atom. The van der Waals surface area contributed by atoms with Gasteiger partial charge in [0.2, 0.25) is 0 Å². The minimum atomic E-state index is -1.13. The van der Waals surface area contributed by atoms with Gasteiger partial charge in [0.15, 0.2) is 6.29 Å². The zero-order valence-corrected chi connectivity index (χ0v) is 6.79. The van der Waals surface area contributed by atoms with E-state index in [-0.39, 0.29) is 0 Å². The number of hydrogen-bond donors (Lipinski definition) is 4. The van der Waals surface area contributed by atoms with E-state index in [4.69, 9.17) is 14.9 Å². The van der Waals surface area contributed by atoms with E-state index in [9.17, 15) is 10.2 Å². The summed E-state index contributed by atoms with van der Waals surface area (Å²) in [4.78, 5) is 0. The van der Waals surface area contributed by atoms with Crippen LogP contribution in [0.25, 0.3) is 0 Å². The van der Waals surface area contributed by atoms with Gasteiger partial charge >= 0.3 is 0 Å². The molecule has 12 heavy (non-hydrogen) atoms. The van der Waals surface area contributed by atoms with Gasteiger partial charge in [-0.25, -0.2) is 0 Å². The fraction of sp³-hybridized carbons (Fsp3) is 1.00. The second-order valence-corrected chi connectivity index (χ2v) is 3.09. The smallest absolute Gasteiger partial charge is 0.160 e. The molecule has 0 aromatic carbocycles. The fourth-order valence-corrected chi connectivity index (χ4v) is 1.23. The number of rotatable bonds is 1. The van der Waals surface area contributed by atoms with Crippen LogP contribution in [0.15, 0.2) is 0 Å². The van der Waals surface area contributed by atoms with Gasteiger partial charge in [0.25, 0.3) is 0 Å². The summed E-state index contributed by atoms with van der Waals surface area (Å²) in [6.07, 6.45) is -4.20.